The first-order valence-electron chi connectivity index (χ1n) is 21.8. The van der Waals surface area contributed by atoms with Gasteiger partial charge in [0.1, 0.15) is 0 Å². The number of allylic oxidation sites excluding steroid dienone is 8. The zero-order valence-corrected chi connectivity index (χ0v) is 34.3. The van der Waals surface area contributed by atoms with E-state index in [-0.39, 0.29) is 5.92 Å². The van der Waals surface area contributed by atoms with Crippen molar-refractivity contribution in [1.82, 2.24) is 14.5 Å². The molecule has 3 heteroatoms. The van der Waals surface area contributed by atoms with Crippen LogP contribution in [0.5, 0.6) is 0 Å². The highest BCUT2D eigenvalue weighted by Gasteiger charge is 2.47. The van der Waals surface area contributed by atoms with E-state index in [0.29, 0.717) is 0 Å². The predicted octanol–water partition coefficient (Wildman–Crippen LogP) is 14.5. The summed E-state index contributed by atoms with van der Waals surface area (Å²) in [6, 6.07) is 68.7. The van der Waals surface area contributed by atoms with E-state index in [4.69, 9.17) is 9.97 Å². The Kier molecular flexibility index (Phi) is 8.67. The summed E-state index contributed by atoms with van der Waals surface area (Å²) in [5.41, 5.74) is 18.0. The lowest BCUT2D eigenvalue weighted by molar-refractivity contribution is 0.758. The molecule has 9 aromatic rings. The van der Waals surface area contributed by atoms with Gasteiger partial charge in [-0.15, -0.1) is 0 Å². The molecule has 0 bridgehead atoms. The molecule has 2 aromatic heterocycles. The van der Waals surface area contributed by atoms with Gasteiger partial charge in [-0.2, -0.15) is 0 Å². The van der Waals surface area contributed by atoms with E-state index in [0.717, 1.165) is 53.3 Å². The largest absolute Gasteiger partial charge is 0.309 e. The Morgan fingerprint density at radius 2 is 1.24 bits per heavy atom. The highest BCUT2D eigenvalue weighted by Crippen LogP contribution is 2.58. The van der Waals surface area contributed by atoms with E-state index in [1.165, 1.54) is 66.3 Å². The molecule has 294 valence electrons. The van der Waals surface area contributed by atoms with Crippen molar-refractivity contribution in [2.24, 2.45) is 0 Å². The molecular weight excluding hydrogens is 751 g/mol. The van der Waals surface area contributed by atoms with Crippen LogP contribution >= 0.6 is 0 Å². The Morgan fingerprint density at radius 3 is 2.03 bits per heavy atom. The SMILES string of the molecule is C1=CCC(c2cc(-c3ccccc3)nc(-c3cccc(-n4c5ccccc5c5cc(C6=CC7=C(CC6)c6ccccc6C7(c6ccccc6)c6ccccc6)ccc54)c3)n2)C=C1. The van der Waals surface area contributed by atoms with Crippen LogP contribution in [0.1, 0.15) is 58.7 Å². The lowest BCUT2D eigenvalue weighted by Gasteiger charge is -2.36. The molecule has 0 saturated heterocycles. The summed E-state index contributed by atoms with van der Waals surface area (Å²) >= 11 is 0. The minimum atomic E-state index is -0.402. The number of aromatic nitrogens is 3. The van der Waals surface area contributed by atoms with Crippen molar-refractivity contribution in [2.75, 3.05) is 0 Å². The molecule has 12 rings (SSSR count). The van der Waals surface area contributed by atoms with Crippen LogP contribution in [0.25, 0.3) is 61.3 Å². The molecule has 7 aromatic carbocycles. The van der Waals surface area contributed by atoms with Gasteiger partial charge in [-0.1, -0.05) is 182 Å². The normalized spacial score (nSPS) is 16.4. The molecule has 0 amide bonds. The minimum absolute atomic E-state index is 0.207. The van der Waals surface area contributed by atoms with Crippen molar-refractivity contribution in [1.29, 1.82) is 0 Å². The van der Waals surface area contributed by atoms with Crippen LogP contribution < -0.4 is 0 Å². The van der Waals surface area contributed by atoms with Gasteiger partial charge >= 0.3 is 0 Å². The topological polar surface area (TPSA) is 30.7 Å². The molecule has 0 saturated carbocycles. The number of hydrogen-bond acceptors (Lipinski definition) is 2. The van der Waals surface area contributed by atoms with Gasteiger partial charge < -0.3 is 4.57 Å². The molecule has 0 N–H and O–H groups in total. The summed E-state index contributed by atoms with van der Waals surface area (Å²) in [4.78, 5) is 10.4. The Bertz CT molecular complexity index is 3270. The van der Waals surface area contributed by atoms with Gasteiger partial charge in [0.05, 0.1) is 27.8 Å². The first-order chi connectivity index (χ1) is 30.7. The average Bonchev–Trinajstić information content (AvgIpc) is 3.85. The summed E-state index contributed by atoms with van der Waals surface area (Å²) in [7, 11) is 0. The highest BCUT2D eigenvalue weighted by atomic mass is 15.0. The van der Waals surface area contributed by atoms with Crippen molar-refractivity contribution < 1.29 is 0 Å². The third kappa shape index (κ3) is 5.80. The van der Waals surface area contributed by atoms with Crippen LogP contribution in [-0.4, -0.2) is 14.5 Å². The summed E-state index contributed by atoms with van der Waals surface area (Å²) in [6.45, 7) is 0. The van der Waals surface area contributed by atoms with Crippen molar-refractivity contribution >= 4 is 33.0 Å². The van der Waals surface area contributed by atoms with Crippen LogP contribution in [0.15, 0.2) is 224 Å². The molecule has 1 unspecified atom stereocenters. The van der Waals surface area contributed by atoms with Gasteiger partial charge in [0, 0.05) is 33.5 Å². The Morgan fingerprint density at radius 1 is 0.532 bits per heavy atom. The second kappa shape index (κ2) is 14.8. The van der Waals surface area contributed by atoms with Gasteiger partial charge in [0.25, 0.3) is 0 Å². The van der Waals surface area contributed by atoms with E-state index in [9.17, 15) is 0 Å². The minimum Gasteiger partial charge on any atom is -0.309 e. The fourth-order valence-corrected chi connectivity index (χ4v) is 10.5. The van der Waals surface area contributed by atoms with Crippen LogP contribution in [0.2, 0.25) is 0 Å². The summed E-state index contributed by atoms with van der Waals surface area (Å²) < 4.78 is 2.41. The second-order valence-electron chi connectivity index (χ2n) is 16.7. The third-order valence-corrected chi connectivity index (χ3v) is 13.3. The standard InChI is InChI=1S/C59H43N3/c1-5-18-40(19-6-1)54-39-55(41-20-7-2-8-21-41)61-58(60-54)44-22-17-27-47(36-44)62-56-31-16-14-29-50(56)51-37-42(33-35-57(51)62)43-32-34-49-48-28-13-15-30-52(48)59(53(49)38-43,45-23-9-3-10-24-45)46-25-11-4-12-26-46/h1-20,22-31,33,35-39,41H,21,32,34H2. The Hall–Kier alpha value is -7.62. The van der Waals surface area contributed by atoms with Crippen molar-refractivity contribution in [3.63, 3.8) is 0 Å². The zero-order valence-electron chi connectivity index (χ0n) is 34.3. The fraction of sp³-hybridized carbons (Fsp3) is 0.0847. The van der Waals surface area contributed by atoms with E-state index in [1.807, 2.05) is 0 Å². The van der Waals surface area contributed by atoms with E-state index >= 15 is 0 Å². The van der Waals surface area contributed by atoms with Gasteiger partial charge in [-0.05, 0) is 100 Å². The van der Waals surface area contributed by atoms with Gasteiger partial charge in [0.15, 0.2) is 5.82 Å². The molecule has 0 radical (unpaired) electrons. The molecular formula is C59H43N3. The van der Waals surface area contributed by atoms with Crippen molar-refractivity contribution in [3.8, 4) is 28.3 Å². The molecule has 3 aliphatic rings. The average molecular weight is 794 g/mol. The number of fused-ring (bicyclic) bond motifs is 5. The molecule has 3 nitrogen and oxygen atoms in total. The van der Waals surface area contributed by atoms with Crippen molar-refractivity contribution in [2.45, 2.75) is 30.6 Å². The first-order valence-corrected chi connectivity index (χ1v) is 21.8. The van der Waals surface area contributed by atoms with Crippen LogP contribution in [0.4, 0.5) is 0 Å². The zero-order chi connectivity index (χ0) is 41.0. The second-order valence-corrected chi connectivity index (χ2v) is 16.7. The van der Waals surface area contributed by atoms with Crippen LogP contribution in [0, 0.1) is 0 Å². The number of rotatable bonds is 7. The fourth-order valence-electron chi connectivity index (χ4n) is 10.5. The summed E-state index contributed by atoms with van der Waals surface area (Å²) in [5.74, 6) is 0.946. The lowest BCUT2D eigenvalue weighted by Crippen LogP contribution is -2.29. The van der Waals surface area contributed by atoms with E-state index in [1.54, 1.807) is 0 Å². The highest BCUT2D eigenvalue weighted by molar-refractivity contribution is 6.10. The molecule has 3 aliphatic carbocycles. The Labute approximate surface area is 362 Å². The number of para-hydroxylation sites is 1. The first kappa shape index (κ1) is 36.2. The van der Waals surface area contributed by atoms with Gasteiger partial charge in [-0.25, -0.2) is 9.97 Å². The number of hydrogen-bond donors (Lipinski definition) is 0. The maximum absolute atomic E-state index is 5.23. The number of nitrogens with zero attached hydrogens (tertiary/aromatic N) is 3. The van der Waals surface area contributed by atoms with E-state index < -0.39 is 5.41 Å². The predicted molar refractivity (Wildman–Crippen MR) is 256 cm³/mol. The van der Waals surface area contributed by atoms with Gasteiger partial charge in [0.2, 0.25) is 0 Å². The van der Waals surface area contributed by atoms with Crippen molar-refractivity contribution in [3.05, 3.63) is 258 Å². The smallest absolute Gasteiger partial charge is 0.160 e. The van der Waals surface area contributed by atoms with Crippen LogP contribution in [-0.2, 0) is 5.41 Å². The molecule has 0 aliphatic heterocycles. The number of benzene rings is 7. The third-order valence-electron chi connectivity index (χ3n) is 13.3. The lowest BCUT2D eigenvalue weighted by atomic mass is 9.66. The van der Waals surface area contributed by atoms with E-state index in [2.05, 4.69) is 223 Å². The molecule has 62 heavy (non-hydrogen) atoms. The summed E-state index contributed by atoms with van der Waals surface area (Å²) in [6.07, 6.45) is 14.2. The molecule has 0 spiro atoms. The summed E-state index contributed by atoms with van der Waals surface area (Å²) in [5, 5.41) is 2.49. The van der Waals surface area contributed by atoms with Gasteiger partial charge in [-0.3, -0.25) is 0 Å². The molecule has 2 heterocycles. The maximum atomic E-state index is 5.23. The quantitative estimate of drug-likeness (QED) is 0.161. The molecule has 1 atom stereocenters. The van der Waals surface area contributed by atoms with Crippen LogP contribution in [0.3, 0.4) is 0 Å². The molecule has 0 fully saturated rings. The maximum Gasteiger partial charge on any atom is 0.160 e. The Balaban J connectivity index is 0.989. The monoisotopic (exact) mass is 793 g/mol.